The standard InChI is InChI=1S/C19H25BrN4O3S/c1-13(2)24-15(4)18(14(3)21-24)28(26,27)23-11-9-22(10-12-23)19(25)16-7-5-6-8-17(16)20/h5-8,13H,9-12H2,1-4H3. The molecule has 0 unspecified atom stereocenters. The maximum Gasteiger partial charge on any atom is 0.255 e. The van der Waals surface area contributed by atoms with Crippen LogP contribution in [0.5, 0.6) is 0 Å². The molecule has 1 saturated heterocycles. The van der Waals surface area contributed by atoms with Gasteiger partial charge in [0.05, 0.1) is 17.0 Å². The molecule has 0 aliphatic carbocycles. The Morgan fingerprint density at radius 3 is 2.25 bits per heavy atom. The van der Waals surface area contributed by atoms with Crippen molar-refractivity contribution < 1.29 is 13.2 Å². The molecule has 0 spiro atoms. The Kier molecular flexibility index (Phi) is 5.97. The first-order valence-electron chi connectivity index (χ1n) is 9.24. The minimum Gasteiger partial charge on any atom is -0.336 e. The van der Waals surface area contributed by atoms with Crippen LogP contribution < -0.4 is 0 Å². The molecular weight excluding hydrogens is 444 g/mol. The van der Waals surface area contributed by atoms with Crippen molar-refractivity contribution in [2.24, 2.45) is 0 Å². The van der Waals surface area contributed by atoms with Crippen LogP contribution in [0.2, 0.25) is 0 Å². The van der Waals surface area contributed by atoms with E-state index in [9.17, 15) is 13.2 Å². The molecule has 1 aliphatic heterocycles. The lowest BCUT2D eigenvalue weighted by atomic mass is 10.2. The minimum absolute atomic E-state index is 0.0847. The number of sulfonamides is 1. The summed E-state index contributed by atoms with van der Waals surface area (Å²) in [5.74, 6) is -0.0930. The molecule has 3 rings (SSSR count). The van der Waals surface area contributed by atoms with Crippen molar-refractivity contribution >= 4 is 31.9 Å². The molecule has 152 valence electrons. The van der Waals surface area contributed by atoms with Crippen LogP contribution in [0.3, 0.4) is 0 Å². The number of rotatable bonds is 4. The summed E-state index contributed by atoms with van der Waals surface area (Å²) in [6.45, 7) is 8.72. The second-order valence-corrected chi connectivity index (χ2v) is 9.94. The summed E-state index contributed by atoms with van der Waals surface area (Å²) < 4.78 is 30.4. The first-order chi connectivity index (χ1) is 13.1. The minimum atomic E-state index is -3.66. The van der Waals surface area contributed by atoms with Gasteiger partial charge in [-0.2, -0.15) is 9.40 Å². The van der Waals surface area contributed by atoms with Gasteiger partial charge in [0.2, 0.25) is 10.0 Å². The van der Waals surface area contributed by atoms with E-state index in [2.05, 4.69) is 21.0 Å². The molecule has 7 nitrogen and oxygen atoms in total. The van der Waals surface area contributed by atoms with Crippen molar-refractivity contribution in [1.29, 1.82) is 0 Å². The highest BCUT2D eigenvalue weighted by Gasteiger charge is 2.34. The van der Waals surface area contributed by atoms with Crippen molar-refractivity contribution in [1.82, 2.24) is 19.0 Å². The van der Waals surface area contributed by atoms with Crippen LogP contribution in [0.1, 0.15) is 41.6 Å². The quantitative estimate of drug-likeness (QED) is 0.690. The van der Waals surface area contributed by atoms with Gasteiger partial charge in [0.1, 0.15) is 4.90 Å². The van der Waals surface area contributed by atoms with E-state index in [4.69, 9.17) is 0 Å². The largest absolute Gasteiger partial charge is 0.336 e. The van der Waals surface area contributed by atoms with Crippen molar-refractivity contribution in [3.63, 3.8) is 0 Å². The maximum absolute atomic E-state index is 13.2. The van der Waals surface area contributed by atoms with Crippen molar-refractivity contribution in [3.05, 3.63) is 45.7 Å². The zero-order valence-corrected chi connectivity index (χ0v) is 18.9. The van der Waals surface area contributed by atoms with Gasteiger partial charge in [-0.15, -0.1) is 0 Å². The molecule has 0 atom stereocenters. The molecule has 28 heavy (non-hydrogen) atoms. The molecule has 1 amide bonds. The first-order valence-corrected chi connectivity index (χ1v) is 11.5. The zero-order chi connectivity index (χ0) is 20.6. The van der Waals surface area contributed by atoms with E-state index < -0.39 is 10.0 Å². The van der Waals surface area contributed by atoms with Gasteiger partial charge in [0.25, 0.3) is 5.91 Å². The van der Waals surface area contributed by atoms with Crippen LogP contribution in [-0.4, -0.2) is 59.5 Å². The number of benzene rings is 1. The predicted molar refractivity (Wildman–Crippen MR) is 111 cm³/mol. The van der Waals surface area contributed by atoms with Gasteiger partial charge < -0.3 is 4.90 Å². The highest BCUT2D eigenvalue weighted by atomic mass is 79.9. The number of hydrogen-bond donors (Lipinski definition) is 0. The van der Waals surface area contributed by atoms with Gasteiger partial charge >= 0.3 is 0 Å². The van der Waals surface area contributed by atoms with Crippen LogP contribution in [0.25, 0.3) is 0 Å². The van der Waals surface area contributed by atoms with Gasteiger partial charge in [-0.1, -0.05) is 12.1 Å². The number of nitrogens with zero attached hydrogens (tertiary/aromatic N) is 4. The highest BCUT2D eigenvalue weighted by molar-refractivity contribution is 9.10. The lowest BCUT2D eigenvalue weighted by Crippen LogP contribution is -2.50. The number of aryl methyl sites for hydroxylation is 1. The van der Waals surface area contributed by atoms with Gasteiger partial charge in [0, 0.05) is 36.7 Å². The van der Waals surface area contributed by atoms with E-state index in [1.165, 1.54) is 4.31 Å². The molecule has 0 bridgehead atoms. The second-order valence-electron chi connectivity index (χ2n) is 7.21. The van der Waals surface area contributed by atoms with Crippen molar-refractivity contribution in [2.45, 2.75) is 38.6 Å². The Hall–Kier alpha value is -1.71. The van der Waals surface area contributed by atoms with Crippen molar-refractivity contribution in [2.75, 3.05) is 26.2 Å². The maximum atomic E-state index is 13.2. The monoisotopic (exact) mass is 468 g/mol. The highest BCUT2D eigenvalue weighted by Crippen LogP contribution is 2.27. The SMILES string of the molecule is Cc1nn(C(C)C)c(C)c1S(=O)(=O)N1CCN(C(=O)c2ccccc2Br)CC1. The number of hydrogen-bond acceptors (Lipinski definition) is 4. The second kappa shape index (κ2) is 7.96. The van der Waals surface area contributed by atoms with E-state index in [1.807, 2.05) is 32.0 Å². The van der Waals surface area contributed by atoms with Gasteiger partial charge in [-0.05, 0) is 55.8 Å². The summed E-state index contributed by atoms with van der Waals surface area (Å²) in [5.41, 5.74) is 1.75. The van der Waals surface area contributed by atoms with E-state index in [-0.39, 0.29) is 29.9 Å². The normalized spacial score (nSPS) is 16.0. The van der Waals surface area contributed by atoms with Crippen LogP contribution >= 0.6 is 15.9 Å². The molecular formula is C19H25BrN4O3S. The third-order valence-electron chi connectivity index (χ3n) is 4.98. The first kappa shape index (κ1) is 21.0. The summed E-state index contributed by atoms with van der Waals surface area (Å²) in [6, 6.07) is 7.35. The summed E-state index contributed by atoms with van der Waals surface area (Å²) in [4.78, 5) is 14.7. The molecule has 2 aromatic rings. The lowest BCUT2D eigenvalue weighted by Gasteiger charge is -2.34. The van der Waals surface area contributed by atoms with Gasteiger partial charge in [-0.25, -0.2) is 8.42 Å². The summed E-state index contributed by atoms with van der Waals surface area (Å²) in [6.07, 6.45) is 0. The predicted octanol–water partition coefficient (Wildman–Crippen LogP) is 2.99. The molecule has 0 saturated carbocycles. The summed E-state index contributed by atoms with van der Waals surface area (Å²) in [5, 5.41) is 4.40. The smallest absolute Gasteiger partial charge is 0.255 e. The van der Waals surface area contributed by atoms with E-state index in [0.29, 0.717) is 30.0 Å². The Bertz CT molecular complexity index is 993. The summed E-state index contributed by atoms with van der Waals surface area (Å²) in [7, 11) is -3.66. The molecule has 1 aromatic heterocycles. The number of aromatic nitrogens is 2. The molecule has 0 radical (unpaired) electrons. The molecule has 9 heteroatoms. The van der Waals surface area contributed by atoms with Crippen molar-refractivity contribution in [3.8, 4) is 0 Å². The van der Waals surface area contributed by atoms with Gasteiger partial charge in [0.15, 0.2) is 0 Å². The average molecular weight is 469 g/mol. The van der Waals surface area contributed by atoms with E-state index in [0.717, 1.165) is 4.47 Å². The number of piperazine rings is 1. The van der Waals surface area contributed by atoms with Gasteiger partial charge in [-0.3, -0.25) is 9.48 Å². The topological polar surface area (TPSA) is 75.5 Å². The molecule has 2 heterocycles. The average Bonchev–Trinajstić information content (AvgIpc) is 2.97. The molecule has 1 aliphatic rings. The molecule has 1 fully saturated rings. The fourth-order valence-electron chi connectivity index (χ4n) is 3.59. The number of carbonyl (C=O) groups is 1. The Morgan fingerprint density at radius 2 is 1.71 bits per heavy atom. The third kappa shape index (κ3) is 3.75. The van der Waals surface area contributed by atoms with Crippen LogP contribution in [0.4, 0.5) is 0 Å². The third-order valence-corrected chi connectivity index (χ3v) is 7.82. The fourth-order valence-corrected chi connectivity index (χ4v) is 5.83. The Balaban J connectivity index is 1.78. The van der Waals surface area contributed by atoms with Crippen LogP contribution in [0, 0.1) is 13.8 Å². The van der Waals surface area contributed by atoms with Crippen LogP contribution in [-0.2, 0) is 10.0 Å². The number of amides is 1. The van der Waals surface area contributed by atoms with E-state index >= 15 is 0 Å². The number of carbonyl (C=O) groups excluding carboxylic acids is 1. The molecule has 0 N–H and O–H groups in total. The fraction of sp³-hybridized carbons (Fsp3) is 0.474. The van der Waals surface area contributed by atoms with E-state index in [1.54, 1.807) is 29.5 Å². The Morgan fingerprint density at radius 1 is 1.11 bits per heavy atom. The molecule has 1 aromatic carbocycles. The summed E-state index contributed by atoms with van der Waals surface area (Å²) >= 11 is 3.40. The lowest BCUT2D eigenvalue weighted by molar-refractivity contribution is 0.0697. The zero-order valence-electron chi connectivity index (χ0n) is 16.5. The van der Waals surface area contributed by atoms with Crippen LogP contribution in [0.15, 0.2) is 33.6 Å². The number of halogens is 1. The Labute approximate surface area is 174 Å².